The summed E-state index contributed by atoms with van der Waals surface area (Å²) in [5.41, 5.74) is 2.14. The molecule has 1 aliphatic heterocycles. The van der Waals surface area contributed by atoms with Crippen molar-refractivity contribution in [3.8, 4) is 0 Å². The lowest BCUT2D eigenvalue weighted by Gasteiger charge is -2.05. The van der Waals surface area contributed by atoms with Crippen LogP contribution in [0.2, 0.25) is 0 Å². The summed E-state index contributed by atoms with van der Waals surface area (Å²) >= 11 is 0. The third-order valence-electron chi connectivity index (χ3n) is 3.34. The molecule has 6 heteroatoms. The predicted octanol–water partition coefficient (Wildman–Crippen LogP) is 1.66. The van der Waals surface area contributed by atoms with Gasteiger partial charge in [-0.25, -0.2) is 4.98 Å². The fourth-order valence-electron chi connectivity index (χ4n) is 2.22. The Morgan fingerprint density at radius 2 is 2.33 bits per heavy atom. The highest BCUT2D eigenvalue weighted by Crippen LogP contribution is 2.23. The molecule has 0 saturated heterocycles. The maximum absolute atomic E-state index is 12.1. The van der Waals surface area contributed by atoms with Crippen molar-refractivity contribution in [3.05, 3.63) is 47.2 Å². The lowest BCUT2D eigenvalue weighted by molar-refractivity contribution is -0.115. The van der Waals surface area contributed by atoms with Gasteiger partial charge in [0.2, 0.25) is 11.8 Å². The average molecular weight is 285 g/mol. The van der Waals surface area contributed by atoms with Gasteiger partial charge in [-0.3, -0.25) is 9.59 Å². The van der Waals surface area contributed by atoms with Gasteiger partial charge in [-0.1, -0.05) is 6.92 Å². The monoisotopic (exact) mass is 285 g/mol. The van der Waals surface area contributed by atoms with Crippen LogP contribution in [0.25, 0.3) is 0 Å². The van der Waals surface area contributed by atoms with E-state index in [2.05, 4.69) is 15.6 Å². The van der Waals surface area contributed by atoms with Crippen molar-refractivity contribution in [1.82, 2.24) is 10.3 Å². The quantitative estimate of drug-likeness (QED) is 0.894. The second-order valence-corrected chi connectivity index (χ2v) is 4.85. The molecule has 2 amide bonds. The molecule has 3 rings (SSSR count). The van der Waals surface area contributed by atoms with Crippen LogP contribution in [0.4, 0.5) is 5.69 Å². The number of fused-ring (bicyclic) bond motifs is 1. The number of rotatable bonds is 4. The van der Waals surface area contributed by atoms with Crippen LogP contribution in [-0.2, 0) is 24.2 Å². The minimum absolute atomic E-state index is 0.0468. The molecule has 0 radical (unpaired) electrons. The predicted molar refractivity (Wildman–Crippen MR) is 75.8 cm³/mol. The summed E-state index contributed by atoms with van der Waals surface area (Å²) in [6.45, 7) is 2.22. The summed E-state index contributed by atoms with van der Waals surface area (Å²) in [6.07, 6.45) is 2.75. The fourth-order valence-corrected chi connectivity index (χ4v) is 2.22. The Kier molecular flexibility index (Phi) is 3.43. The van der Waals surface area contributed by atoms with Gasteiger partial charge >= 0.3 is 0 Å². The van der Waals surface area contributed by atoms with Crippen molar-refractivity contribution in [3.63, 3.8) is 0 Å². The van der Waals surface area contributed by atoms with E-state index in [0.717, 1.165) is 23.4 Å². The molecule has 2 N–H and O–H groups in total. The molecule has 1 aliphatic rings. The number of carbonyl (C=O) groups excluding carboxylic acids is 2. The van der Waals surface area contributed by atoms with Crippen molar-refractivity contribution in [2.45, 2.75) is 26.3 Å². The van der Waals surface area contributed by atoms with E-state index in [4.69, 9.17) is 4.42 Å². The number of nitrogens with one attached hydrogen (secondary N) is 2. The molecule has 1 aromatic carbocycles. The standard InChI is InChI=1S/C15H15N3O3/c1-2-11-7-16-14(21-11)8-17-15(20)9-3-4-12-10(5-9)6-13(19)18-12/h3-5,7H,2,6,8H2,1H3,(H,17,20)(H,18,19). The van der Waals surface area contributed by atoms with E-state index in [0.29, 0.717) is 17.9 Å². The molecule has 0 aliphatic carbocycles. The molecule has 0 saturated carbocycles. The summed E-state index contributed by atoms with van der Waals surface area (Å²) in [7, 11) is 0. The molecular weight excluding hydrogens is 270 g/mol. The summed E-state index contributed by atoms with van der Waals surface area (Å²) in [4.78, 5) is 27.5. The number of nitrogens with zero attached hydrogens (tertiary/aromatic N) is 1. The van der Waals surface area contributed by atoms with Crippen LogP contribution in [0.1, 0.15) is 34.5 Å². The zero-order valence-corrected chi connectivity index (χ0v) is 11.6. The van der Waals surface area contributed by atoms with Crippen LogP contribution < -0.4 is 10.6 Å². The van der Waals surface area contributed by atoms with Gasteiger partial charge in [-0.2, -0.15) is 0 Å². The summed E-state index contributed by atoms with van der Waals surface area (Å²) in [5, 5.41) is 5.49. The van der Waals surface area contributed by atoms with E-state index < -0.39 is 0 Å². The van der Waals surface area contributed by atoms with Crippen LogP contribution in [0, 0.1) is 0 Å². The highest BCUT2D eigenvalue weighted by molar-refractivity contribution is 6.01. The molecular formula is C15H15N3O3. The Hall–Kier alpha value is -2.63. The molecule has 108 valence electrons. The SMILES string of the molecule is CCc1cnc(CNC(=O)c2ccc3c(c2)CC(=O)N3)o1. The van der Waals surface area contributed by atoms with Crippen LogP contribution in [0.5, 0.6) is 0 Å². The van der Waals surface area contributed by atoms with Crippen molar-refractivity contribution < 1.29 is 14.0 Å². The number of hydrogen-bond acceptors (Lipinski definition) is 4. The van der Waals surface area contributed by atoms with E-state index in [9.17, 15) is 9.59 Å². The van der Waals surface area contributed by atoms with Crippen LogP contribution in [0.15, 0.2) is 28.8 Å². The first kappa shape index (κ1) is 13.4. The second-order valence-electron chi connectivity index (χ2n) is 4.85. The molecule has 2 aromatic rings. The van der Waals surface area contributed by atoms with Gasteiger partial charge in [0.25, 0.3) is 5.91 Å². The zero-order chi connectivity index (χ0) is 14.8. The highest BCUT2D eigenvalue weighted by atomic mass is 16.4. The van der Waals surface area contributed by atoms with Crippen molar-refractivity contribution >= 4 is 17.5 Å². The largest absolute Gasteiger partial charge is 0.444 e. The maximum Gasteiger partial charge on any atom is 0.251 e. The number of hydrogen-bond donors (Lipinski definition) is 2. The van der Waals surface area contributed by atoms with Crippen molar-refractivity contribution in [1.29, 1.82) is 0 Å². The number of aryl methyl sites for hydroxylation is 1. The molecule has 0 unspecified atom stereocenters. The molecule has 0 fully saturated rings. The molecule has 1 aromatic heterocycles. The summed E-state index contributed by atoms with van der Waals surface area (Å²) in [6, 6.07) is 5.16. The van der Waals surface area contributed by atoms with E-state index in [1.54, 1.807) is 24.4 Å². The number of amides is 2. The van der Waals surface area contributed by atoms with E-state index >= 15 is 0 Å². The number of carbonyl (C=O) groups is 2. The fraction of sp³-hybridized carbons (Fsp3) is 0.267. The topological polar surface area (TPSA) is 84.2 Å². The average Bonchev–Trinajstić information content (AvgIpc) is 3.08. The first-order valence-electron chi connectivity index (χ1n) is 6.80. The maximum atomic E-state index is 12.1. The summed E-state index contributed by atoms with van der Waals surface area (Å²) in [5.74, 6) is 1.02. The van der Waals surface area contributed by atoms with E-state index in [1.807, 2.05) is 6.92 Å². The Labute approximate surface area is 121 Å². The van der Waals surface area contributed by atoms with Gasteiger partial charge < -0.3 is 15.1 Å². The van der Waals surface area contributed by atoms with Crippen molar-refractivity contribution in [2.24, 2.45) is 0 Å². The third-order valence-corrected chi connectivity index (χ3v) is 3.34. The van der Waals surface area contributed by atoms with Gasteiger partial charge in [0, 0.05) is 17.7 Å². The summed E-state index contributed by atoms with van der Waals surface area (Å²) < 4.78 is 5.43. The molecule has 0 atom stereocenters. The van der Waals surface area contributed by atoms with Crippen molar-refractivity contribution in [2.75, 3.05) is 5.32 Å². The van der Waals surface area contributed by atoms with Gasteiger partial charge in [0.15, 0.2) is 0 Å². The van der Waals surface area contributed by atoms with Gasteiger partial charge in [0.05, 0.1) is 19.2 Å². The van der Waals surface area contributed by atoms with Crippen LogP contribution in [-0.4, -0.2) is 16.8 Å². The molecule has 0 spiro atoms. The van der Waals surface area contributed by atoms with Crippen LogP contribution >= 0.6 is 0 Å². The van der Waals surface area contributed by atoms with Gasteiger partial charge in [-0.15, -0.1) is 0 Å². The Bertz CT molecular complexity index is 706. The minimum Gasteiger partial charge on any atom is -0.444 e. The highest BCUT2D eigenvalue weighted by Gasteiger charge is 2.19. The number of aromatic nitrogens is 1. The molecule has 21 heavy (non-hydrogen) atoms. The second kappa shape index (κ2) is 5.40. The molecule has 6 nitrogen and oxygen atoms in total. The first-order valence-corrected chi connectivity index (χ1v) is 6.80. The van der Waals surface area contributed by atoms with Gasteiger partial charge in [-0.05, 0) is 23.8 Å². The Morgan fingerprint density at radius 3 is 3.10 bits per heavy atom. The number of oxazole rings is 1. The first-order chi connectivity index (χ1) is 10.2. The lowest BCUT2D eigenvalue weighted by atomic mass is 10.1. The minimum atomic E-state index is -0.214. The normalized spacial score (nSPS) is 12.9. The molecule has 2 heterocycles. The van der Waals surface area contributed by atoms with Gasteiger partial charge in [0.1, 0.15) is 5.76 Å². The number of anilines is 1. The van der Waals surface area contributed by atoms with Crippen LogP contribution in [0.3, 0.4) is 0 Å². The Balaban J connectivity index is 1.66. The lowest BCUT2D eigenvalue weighted by Crippen LogP contribution is -2.23. The third kappa shape index (κ3) is 2.79. The smallest absolute Gasteiger partial charge is 0.251 e. The Morgan fingerprint density at radius 1 is 1.48 bits per heavy atom. The molecule has 0 bridgehead atoms. The van der Waals surface area contributed by atoms with E-state index in [1.165, 1.54) is 0 Å². The number of benzene rings is 1. The van der Waals surface area contributed by atoms with E-state index in [-0.39, 0.29) is 18.4 Å². The zero-order valence-electron chi connectivity index (χ0n) is 11.6.